The summed E-state index contributed by atoms with van der Waals surface area (Å²) in [6.07, 6.45) is 2.63. The molecule has 2 aromatic carbocycles. The van der Waals surface area contributed by atoms with E-state index in [0.29, 0.717) is 6.54 Å². The Morgan fingerprint density at radius 2 is 1.85 bits per heavy atom. The second-order valence-electron chi connectivity index (χ2n) is 6.08. The maximum absolute atomic E-state index is 6.16. The first-order valence-electron chi connectivity index (χ1n) is 7.66. The Balaban J connectivity index is 2.11. The Hall–Kier alpha value is -1.54. The Kier molecular flexibility index (Phi) is 3.43. The topological polar surface area (TPSA) is 29.3 Å². The molecule has 0 spiro atoms. The molecule has 0 amide bonds. The zero-order valence-electron chi connectivity index (χ0n) is 12.5. The number of benzene rings is 2. The minimum atomic E-state index is 0.0822. The van der Waals surface area contributed by atoms with Crippen LogP contribution in [0.25, 0.3) is 10.8 Å². The van der Waals surface area contributed by atoms with Crippen molar-refractivity contribution in [2.75, 3.05) is 18.0 Å². The van der Waals surface area contributed by atoms with Crippen LogP contribution in [-0.4, -0.2) is 18.6 Å². The highest BCUT2D eigenvalue weighted by Gasteiger charge is 2.44. The number of nitrogens with two attached hydrogens (primary N) is 1. The number of anilines is 1. The van der Waals surface area contributed by atoms with Crippen molar-refractivity contribution in [2.24, 2.45) is 11.7 Å². The maximum atomic E-state index is 6.16. The molecule has 0 saturated heterocycles. The van der Waals surface area contributed by atoms with Crippen LogP contribution in [-0.2, 0) is 0 Å². The van der Waals surface area contributed by atoms with Crippen molar-refractivity contribution in [1.82, 2.24) is 0 Å². The van der Waals surface area contributed by atoms with Gasteiger partial charge in [-0.1, -0.05) is 36.4 Å². The zero-order chi connectivity index (χ0) is 14.2. The van der Waals surface area contributed by atoms with Gasteiger partial charge in [0.05, 0.1) is 5.54 Å². The van der Waals surface area contributed by atoms with Crippen molar-refractivity contribution >= 4 is 16.5 Å². The van der Waals surface area contributed by atoms with Crippen LogP contribution >= 0.6 is 0 Å². The fraction of sp³-hybridized carbons (Fsp3) is 0.444. The SMILES string of the molecule is CCN(c1cccc2ccccc12)C(C)(CN)C1CC1. The highest BCUT2D eigenvalue weighted by Crippen LogP contribution is 2.45. The average molecular weight is 268 g/mol. The van der Waals surface area contributed by atoms with Crippen molar-refractivity contribution < 1.29 is 0 Å². The molecule has 2 nitrogen and oxygen atoms in total. The van der Waals surface area contributed by atoms with Crippen molar-refractivity contribution in [3.63, 3.8) is 0 Å². The number of fused-ring (bicyclic) bond motifs is 1. The van der Waals surface area contributed by atoms with Crippen LogP contribution in [0.15, 0.2) is 42.5 Å². The van der Waals surface area contributed by atoms with Crippen LogP contribution < -0.4 is 10.6 Å². The Labute approximate surface area is 121 Å². The maximum Gasteiger partial charge on any atom is 0.0524 e. The molecule has 2 heteroatoms. The molecular weight excluding hydrogens is 244 g/mol. The molecule has 0 radical (unpaired) electrons. The summed E-state index contributed by atoms with van der Waals surface area (Å²) in [7, 11) is 0. The predicted molar refractivity (Wildman–Crippen MR) is 87.2 cm³/mol. The monoisotopic (exact) mass is 268 g/mol. The zero-order valence-corrected chi connectivity index (χ0v) is 12.5. The third kappa shape index (κ3) is 2.08. The quantitative estimate of drug-likeness (QED) is 0.894. The normalized spacial score (nSPS) is 17.9. The minimum absolute atomic E-state index is 0.0822. The number of hydrogen-bond donors (Lipinski definition) is 1. The van der Waals surface area contributed by atoms with Gasteiger partial charge in [0.15, 0.2) is 0 Å². The Morgan fingerprint density at radius 1 is 1.15 bits per heavy atom. The fourth-order valence-corrected chi connectivity index (χ4v) is 3.45. The van der Waals surface area contributed by atoms with Gasteiger partial charge in [0.2, 0.25) is 0 Å². The van der Waals surface area contributed by atoms with Gasteiger partial charge >= 0.3 is 0 Å². The summed E-state index contributed by atoms with van der Waals surface area (Å²) in [4.78, 5) is 2.52. The fourth-order valence-electron chi connectivity index (χ4n) is 3.45. The molecule has 0 aliphatic heterocycles. The largest absolute Gasteiger partial charge is 0.364 e. The van der Waals surface area contributed by atoms with E-state index in [1.165, 1.54) is 29.3 Å². The van der Waals surface area contributed by atoms with Gasteiger partial charge in [-0.3, -0.25) is 0 Å². The summed E-state index contributed by atoms with van der Waals surface area (Å²) in [6.45, 7) is 6.28. The molecule has 1 aliphatic rings. The molecule has 1 saturated carbocycles. The summed E-state index contributed by atoms with van der Waals surface area (Å²) >= 11 is 0. The highest BCUT2D eigenvalue weighted by atomic mass is 15.2. The molecule has 1 fully saturated rings. The predicted octanol–water partition coefficient (Wildman–Crippen LogP) is 3.79. The lowest BCUT2D eigenvalue weighted by Crippen LogP contribution is -2.53. The van der Waals surface area contributed by atoms with E-state index in [4.69, 9.17) is 5.73 Å². The lowest BCUT2D eigenvalue weighted by Gasteiger charge is -2.43. The van der Waals surface area contributed by atoms with Gasteiger partial charge in [0.25, 0.3) is 0 Å². The number of nitrogens with zero attached hydrogens (tertiary/aromatic N) is 1. The molecule has 2 aromatic rings. The number of rotatable bonds is 5. The van der Waals surface area contributed by atoms with Crippen LogP contribution in [0.4, 0.5) is 5.69 Å². The molecule has 1 aliphatic carbocycles. The van der Waals surface area contributed by atoms with Crippen LogP contribution in [0.2, 0.25) is 0 Å². The minimum Gasteiger partial charge on any atom is -0.364 e. The molecule has 106 valence electrons. The summed E-state index contributed by atoms with van der Waals surface area (Å²) in [5, 5.41) is 2.63. The van der Waals surface area contributed by atoms with Crippen LogP contribution in [0.3, 0.4) is 0 Å². The smallest absolute Gasteiger partial charge is 0.0524 e. The van der Waals surface area contributed by atoms with Gasteiger partial charge in [-0.25, -0.2) is 0 Å². The van der Waals surface area contributed by atoms with Gasteiger partial charge in [-0.15, -0.1) is 0 Å². The molecule has 0 aromatic heterocycles. The van der Waals surface area contributed by atoms with Gasteiger partial charge in [0, 0.05) is 24.2 Å². The first-order chi connectivity index (χ1) is 9.70. The molecule has 1 unspecified atom stereocenters. The summed E-state index contributed by atoms with van der Waals surface area (Å²) < 4.78 is 0. The molecule has 0 heterocycles. The first kappa shape index (κ1) is 13.4. The second kappa shape index (κ2) is 5.10. The summed E-state index contributed by atoms with van der Waals surface area (Å²) in [5.74, 6) is 0.742. The highest BCUT2D eigenvalue weighted by molar-refractivity contribution is 5.94. The van der Waals surface area contributed by atoms with Gasteiger partial charge in [-0.05, 0) is 44.1 Å². The van der Waals surface area contributed by atoms with Crippen LogP contribution in [0.5, 0.6) is 0 Å². The standard InChI is InChI=1S/C18H24N2/c1-3-20(18(2,13-19)15-11-12-15)17-10-6-8-14-7-4-5-9-16(14)17/h4-10,15H,3,11-13,19H2,1-2H3. The van der Waals surface area contributed by atoms with E-state index in [2.05, 4.69) is 61.2 Å². The van der Waals surface area contributed by atoms with Gasteiger partial charge in [-0.2, -0.15) is 0 Å². The second-order valence-corrected chi connectivity index (χ2v) is 6.08. The molecule has 1 atom stereocenters. The van der Waals surface area contributed by atoms with E-state index < -0.39 is 0 Å². The molecular formula is C18H24N2. The van der Waals surface area contributed by atoms with E-state index in [9.17, 15) is 0 Å². The van der Waals surface area contributed by atoms with Gasteiger partial charge in [0.1, 0.15) is 0 Å². The molecule has 0 bridgehead atoms. The van der Waals surface area contributed by atoms with E-state index >= 15 is 0 Å². The molecule has 20 heavy (non-hydrogen) atoms. The van der Waals surface area contributed by atoms with Crippen molar-refractivity contribution in [3.8, 4) is 0 Å². The summed E-state index contributed by atoms with van der Waals surface area (Å²) in [5.41, 5.74) is 7.57. The lowest BCUT2D eigenvalue weighted by atomic mass is 9.91. The summed E-state index contributed by atoms with van der Waals surface area (Å²) in [6, 6.07) is 15.2. The van der Waals surface area contributed by atoms with Crippen LogP contribution in [0, 0.1) is 5.92 Å². The van der Waals surface area contributed by atoms with Crippen LogP contribution in [0.1, 0.15) is 26.7 Å². The first-order valence-corrected chi connectivity index (χ1v) is 7.66. The van der Waals surface area contributed by atoms with Crippen molar-refractivity contribution in [2.45, 2.75) is 32.2 Å². The Bertz CT molecular complexity index is 598. The molecule has 3 rings (SSSR count). The van der Waals surface area contributed by atoms with Crippen molar-refractivity contribution in [1.29, 1.82) is 0 Å². The average Bonchev–Trinajstić information content (AvgIpc) is 3.33. The van der Waals surface area contributed by atoms with E-state index in [1.807, 2.05) is 0 Å². The third-order valence-corrected chi connectivity index (χ3v) is 4.86. The van der Waals surface area contributed by atoms with E-state index in [1.54, 1.807) is 0 Å². The molecule has 2 N–H and O–H groups in total. The Morgan fingerprint density at radius 3 is 2.50 bits per heavy atom. The van der Waals surface area contributed by atoms with Gasteiger partial charge < -0.3 is 10.6 Å². The van der Waals surface area contributed by atoms with Crippen molar-refractivity contribution in [3.05, 3.63) is 42.5 Å². The van der Waals surface area contributed by atoms with E-state index in [-0.39, 0.29) is 5.54 Å². The number of likely N-dealkylation sites (N-methyl/N-ethyl adjacent to an activating group) is 1. The van der Waals surface area contributed by atoms with E-state index in [0.717, 1.165) is 12.5 Å². The lowest BCUT2D eigenvalue weighted by molar-refractivity contribution is 0.384. The third-order valence-electron chi connectivity index (χ3n) is 4.86. The number of hydrogen-bond acceptors (Lipinski definition) is 2.